The third-order valence-corrected chi connectivity index (χ3v) is 5.87. The van der Waals surface area contributed by atoms with Crippen molar-refractivity contribution >= 4 is 10.9 Å². The molecule has 0 radical (unpaired) electrons. The first-order valence-corrected chi connectivity index (χ1v) is 7.32. The Morgan fingerprint density at radius 1 is 1.13 bits per heavy atom. The molecule has 0 saturated carbocycles. The Labute approximate surface area is 94.2 Å². The molecule has 1 heterocycles. The van der Waals surface area contributed by atoms with E-state index in [2.05, 4.69) is 30.4 Å². The molecule has 0 N–H and O–H groups in total. The summed E-state index contributed by atoms with van der Waals surface area (Å²) < 4.78 is 5.44. The second-order valence-corrected chi connectivity index (χ2v) is 6.59. The van der Waals surface area contributed by atoms with Gasteiger partial charge in [-0.25, -0.2) is 0 Å². The Bertz CT molecular complexity index is 323. The predicted octanol–water partition coefficient (Wildman–Crippen LogP) is 2.28. The fourth-order valence-electron chi connectivity index (χ4n) is 2.64. The van der Waals surface area contributed by atoms with Gasteiger partial charge in [-0.1, -0.05) is 24.3 Å². The summed E-state index contributed by atoms with van der Waals surface area (Å²) in [5.74, 6) is 4.00. The van der Waals surface area contributed by atoms with Crippen LogP contribution in [0.25, 0.3) is 0 Å². The number of rotatable bonds is 1. The SMILES string of the molecule is C1=CC2CC=C([S+]3CCOCC3)C2C=C1. The van der Waals surface area contributed by atoms with E-state index >= 15 is 0 Å². The van der Waals surface area contributed by atoms with Crippen LogP contribution in [0.3, 0.4) is 0 Å². The largest absolute Gasteiger partial charge is 0.372 e. The van der Waals surface area contributed by atoms with Gasteiger partial charge in [0.1, 0.15) is 16.4 Å². The fraction of sp³-hybridized carbons (Fsp3) is 0.538. The van der Waals surface area contributed by atoms with Crippen molar-refractivity contribution in [2.45, 2.75) is 6.42 Å². The Kier molecular flexibility index (Phi) is 2.72. The Balaban J connectivity index is 1.76. The summed E-state index contributed by atoms with van der Waals surface area (Å²) in [5, 5.41) is 0. The van der Waals surface area contributed by atoms with Crippen LogP contribution in [0.1, 0.15) is 6.42 Å². The van der Waals surface area contributed by atoms with Gasteiger partial charge in [-0.2, -0.15) is 0 Å². The second kappa shape index (κ2) is 4.18. The summed E-state index contributed by atoms with van der Waals surface area (Å²) in [6.07, 6.45) is 12.9. The standard InChI is InChI=1S/C13H17OS/c1-2-4-12-11(3-1)5-6-13(12)15-9-7-14-8-10-15/h1-4,6,11-12H,5,7-10H2/q+1. The van der Waals surface area contributed by atoms with Crippen LogP contribution in [0.5, 0.6) is 0 Å². The van der Waals surface area contributed by atoms with Crippen LogP contribution in [0.2, 0.25) is 0 Å². The van der Waals surface area contributed by atoms with Crippen molar-refractivity contribution in [3.63, 3.8) is 0 Å². The lowest BCUT2D eigenvalue weighted by Gasteiger charge is -2.21. The van der Waals surface area contributed by atoms with Gasteiger partial charge in [0.15, 0.2) is 0 Å². The maximum absolute atomic E-state index is 5.44. The number of allylic oxidation sites excluding steroid dienone is 6. The summed E-state index contributed by atoms with van der Waals surface area (Å²) in [5.41, 5.74) is 0. The van der Waals surface area contributed by atoms with E-state index in [9.17, 15) is 0 Å². The maximum Gasteiger partial charge on any atom is 0.136 e. The van der Waals surface area contributed by atoms with Gasteiger partial charge < -0.3 is 4.74 Å². The molecule has 2 atom stereocenters. The average Bonchev–Trinajstić information content (AvgIpc) is 2.74. The van der Waals surface area contributed by atoms with Gasteiger partial charge in [0.25, 0.3) is 0 Å². The van der Waals surface area contributed by atoms with E-state index in [0.717, 1.165) is 25.0 Å². The van der Waals surface area contributed by atoms with E-state index in [1.165, 1.54) is 17.9 Å². The summed E-state index contributed by atoms with van der Waals surface area (Å²) in [7, 11) is 0.513. The van der Waals surface area contributed by atoms with Crippen molar-refractivity contribution in [1.29, 1.82) is 0 Å². The molecule has 3 aliphatic rings. The van der Waals surface area contributed by atoms with Crippen LogP contribution in [0.15, 0.2) is 35.3 Å². The Morgan fingerprint density at radius 2 is 1.93 bits per heavy atom. The highest BCUT2D eigenvalue weighted by Crippen LogP contribution is 2.40. The molecule has 0 amide bonds. The molecule has 0 aromatic carbocycles. The van der Waals surface area contributed by atoms with E-state index in [4.69, 9.17) is 4.74 Å². The second-order valence-electron chi connectivity index (χ2n) is 4.32. The average molecular weight is 221 g/mol. The molecule has 80 valence electrons. The van der Waals surface area contributed by atoms with Crippen LogP contribution in [0, 0.1) is 11.8 Å². The van der Waals surface area contributed by atoms with Crippen molar-refractivity contribution in [1.82, 2.24) is 0 Å². The number of fused-ring (bicyclic) bond motifs is 1. The minimum Gasteiger partial charge on any atom is -0.372 e. The molecule has 0 bridgehead atoms. The smallest absolute Gasteiger partial charge is 0.136 e. The van der Waals surface area contributed by atoms with Gasteiger partial charge in [0.2, 0.25) is 0 Å². The lowest BCUT2D eigenvalue weighted by Crippen LogP contribution is -2.29. The predicted molar refractivity (Wildman–Crippen MR) is 65.9 cm³/mol. The lowest BCUT2D eigenvalue weighted by molar-refractivity contribution is 0.159. The summed E-state index contributed by atoms with van der Waals surface area (Å²) in [6.45, 7) is 1.94. The quantitative estimate of drug-likeness (QED) is 0.617. The van der Waals surface area contributed by atoms with Gasteiger partial charge >= 0.3 is 0 Å². The molecule has 1 aliphatic heterocycles. The van der Waals surface area contributed by atoms with Gasteiger partial charge in [-0.15, -0.1) is 0 Å². The van der Waals surface area contributed by atoms with E-state index in [1.54, 1.807) is 4.91 Å². The Hall–Kier alpha value is -0.470. The highest BCUT2D eigenvalue weighted by atomic mass is 32.2. The molecule has 0 spiro atoms. The molecule has 1 nitrogen and oxygen atoms in total. The minimum absolute atomic E-state index is 0.513. The Morgan fingerprint density at radius 3 is 2.80 bits per heavy atom. The maximum atomic E-state index is 5.44. The molecule has 0 aromatic rings. The zero-order valence-corrected chi connectivity index (χ0v) is 9.71. The first-order chi connectivity index (χ1) is 7.45. The summed E-state index contributed by atoms with van der Waals surface area (Å²) in [4.78, 5) is 1.73. The van der Waals surface area contributed by atoms with Crippen molar-refractivity contribution in [2.75, 3.05) is 24.7 Å². The van der Waals surface area contributed by atoms with Gasteiger partial charge in [0, 0.05) is 10.9 Å². The third-order valence-electron chi connectivity index (χ3n) is 3.45. The zero-order valence-electron chi connectivity index (χ0n) is 8.89. The number of hydrogen-bond acceptors (Lipinski definition) is 1. The van der Waals surface area contributed by atoms with Crippen LogP contribution in [-0.2, 0) is 15.6 Å². The van der Waals surface area contributed by atoms with Crippen molar-refractivity contribution in [3.05, 3.63) is 35.3 Å². The van der Waals surface area contributed by atoms with Gasteiger partial charge in [-0.3, -0.25) is 0 Å². The zero-order chi connectivity index (χ0) is 10.1. The third kappa shape index (κ3) is 1.81. The first kappa shape index (κ1) is 9.73. The minimum atomic E-state index is 0.513. The van der Waals surface area contributed by atoms with Crippen molar-refractivity contribution in [3.8, 4) is 0 Å². The fourth-order valence-corrected chi connectivity index (χ4v) is 4.93. The highest BCUT2D eigenvalue weighted by Gasteiger charge is 2.39. The highest BCUT2D eigenvalue weighted by molar-refractivity contribution is 8.00. The lowest BCUT2D eigenvalue weighted by atomic mass is 9.91. The molecule has 0 aromatic heterocycles. The van der Waals surface area contributed by atoms with Crippen LogP contribution in [0.4, 0.5) is 0 Å². The van der Waals surface area contributed by atoms with Crippen molar-refractivity contribution < 1.29 is 4.74 Å². The van der Waals surface area contributed by atoms with E-state index in [0.29, 0.717) is 10.9 Å². The molecule has 3 rings (SSSR count). The normalized spacial score (nSPS) is 35.3. The van der Waals surface area contributed by atoms with Crippen LogP contribution >= 0.6 is 0 Å². The molecule has 2 unspecified atom stereocenters. The van der Waals surface area contributed by atoms with Crippen molar-refractivity contribution in [2.24, 2.45) is 11.8 Å². The monoisotopic (exact) mass is 221 g/mol. The molecule has 1 saturated heterocycles. The molecule has 2 aliphatic carbocycles. The number of hydrogen-bond donors (Lipinski definition) is 0. The van der Waals surface area contributed by atoms with Gasteiger partial charge in [0.05, 0.1) is 19.1 Å². The van der Waals surface area contributed by atoms with Crippen LogP contribution in [-0.4, -0.2) is 24.7 Å². The van der Waals surface area contributed by atoms with E-state index in [-0.39, 0.29) is 0 Å². The topological polar surface area (TPSA) is 9.23 Å². The van der Waals surface area contributed by atoms with Crippen LogP contribution < -0.4 is 0 Å². The molecular formula is C13H17OS+. The molecule has 15 heavy (non-hydrogen) atoms. The van der Waals surface area contributed by atoms with E-state index in [1.807, 2.05) is 0 Å². The summed E-state index contributed by atoms with van der Waals surface area (Å²) in [6, 6.07) is 0. The molecule has 1 fully saturated rings. The summed E-state index contributed by atoms with van der Waals surface area (Å²) >= 11 is 0. The molecule has 2 heteroatoms. The van der Waals surface area contributed by atoms with E-state index < -0.39 is 0 Å². The molecular weight excluding hydrogens is 204 g/mol. The van der Waals surface area contributed by atoms with Gasteiger partial charge in [-0.05, 0) is 18.4 Å². The first-order valence-electron chi connectivity index (χ1n) is 5.75. The number of ether oxygens (including phenoxy) is 1.